The Hall–Kier alpha value is -6.05. The zero-order valence-corrected chi connectivity index (χ0v) is 40.1. The number of hydrogen-bond acceptors (Lipinski definition) is 8. The van der Waals surface area contributed by atoms with E-state index in [1.54, 1.807) is 11.0 Å². The smallest absolute Gasteiger partial charge is 0.261 e. The number of hydrogen-bond donors (Lipinski definition) is 3. The van der Waals surface area contributed by atoms with Gasteiger partial charge in [0.15, 0.2) is 5.78 Å². The number of ketones is 1. The van der Waals surface area contributed by atoms with Gasteiger partial charge in [0.05, 0.1) is 19.8 Å². The van der Waals surface area contributed by atoms with E-state index in [-0.39, 0.29) is 42.6 Å². The van der Waals surface area contributed by atoms with Crippen molar-refractivity contribution in [3.05, 3.63) is 132 Å². The lowest BCUT2D eigenvalue weighted by Gasteiger charge is -2.42. The topological polar surface area (TPSA) is 152 Å². The van der Waals surface area contributed by atoms with Crippen LogP contribution in [0.15, 0.2) is 121 Å². The van der Waals surface area contributed by atoms with Crippen LogP contribution in [-0.2, 0) is 41.2 Å². The number of benzene rings is 4. The molecular formula is C53H66N4O8Si. The van der Waals surface area contributed by atoms with Crippen molar-refractivity contribution in [3.63, 3.8) is 0 Å². The van der Waals surface area contributed by atoms with Gasteiger partial charge in [0.2, 0.25) is 23.6 Å². The Balaban J connectivity index is 1.19. The van der Waals surface area contributed by atoms with Crippen LogP contribution >= 0.6 is 0 Å². The van der Waals surface area contributed by atoms with Crippen LogP contribution in [0.2, 0.25) is 5.04 Å². The number of carbonyl (C=O) groups is 5. The minimum Gasteiger partial charge on any atom is -0.494 e. The van der Waals surface area contributed by atoms with Gasteiger partial charge in [-0.1, -0.05) is 112 Å². The first-order valence-electron chi connectivity index (χ1n) is 23.4. The van der Waals surface area contributed by atoms with Gasteiger partial charge in [0.25, 0.3) is 8.32 Å². The number of rotatable bonds is 18. The third kappa shape index (κ3) is 12.6. The van der Waals surface area contributed by atoms with E-state index in [9.17, 15) is 24.0 Å². The molecule has 2 fully saturated rings. The summed E-state index contributed by atoms with van der Waals surface area (Å²) >= 11 is 0. The Kier molecular flexibility index (Phi) is 17.5. The minimum atomic E-state index is -2.91. The van der Waals surface area contributed by atoms with Gasteiger partial charge in [0, 0.05) is 19.4 Å². The summed E-state index contributed by atoms with van der Waals surface area (Å²) in [5, 5.41) is 10.8. The SMILES string of the molecule is CCOc1ccc(C[C@@H]2NC(=O)[C@H](CCC/C=C/C(=O)CO[Si](c3ccccc3)(c3ccccc3)C(C)(C)C)NC(=O)[C@H]3CCCCN3C(=O)[C@H](Cc3ccc(OCC)cc3)NC2=O)cc1. The van der Waals surface area contributed by atoms with Crippen LogP contribution in [0.4, 0.5) is 0 Å². The molecular weight excluding hydrogens is 849 g/mol. The van der Waals surface area contributed by atoms with Crippen LogP contribution in [-0.4, -0.2) is 93.2 Å². The molecule has 0 unspecified atom stereocenters. The first kappa shape index (κ1) is 49.4. The first-order chi connectivity index (χ1) is 31.8. The third-order valence-electron chi connectivity index (χ3n) is 12.3. The fraction of sp³-hybridized carbons (Fsp3) is 0.415. The van der Waals surface area contributed by atoms with Crippen LogP contribution in [0.25, 0.3) is 0 Å². The summed E-state index contributed by atoms with van der Waals surface area (Å²) in [6.45, 7) is 11.5. The minimum absolute atomic E-state index is 0.0969. The van der Waals surface area contributed by atoms with Crippen molar-refractivity contribution < 1.29 is 37.9 Å². The molecule has 3 N–H and O–H groups in total. The summed E-state index contributed by atoms with van der Waals surface area (Å²) in [7, 11) is -2.91. The molecule has 13 heteroatoms. The highest BCUT2D eigenvalue weighted by atomic mass is 28.4. The molecule has 0 radical (unpaired) electrons. The summed E-state index contributed by atoms with van der Waals surface area (Å²) in [5.74, 6) is -0.592. The van der Waals surface area contributed by atoms with E-state index in [0.29, 0.717) is 56.9 Å². The zero-order valence-electron chi connectivity index (χ0n) is 39.1. The molecule has 2 aliphatic heterocycles. The Labute approximate surface area is 391 Å². The molecule has 2 heterocycles. The average Bonchev–Trinajstić information content (AvgIpc) is 3.31. The van der Waals surface area contributed by atoms with Crippen molar-refractivity contribution >= 4 is 48.1 Å². The summed E-state index contributed by atoms with van der Waals surface area (Å²) in [6.07, 6.45) is 6.60. The van der Waals surface area contributed by atoms with Crippen LogP contribution in [0.1, 0.15) is 84.3 Å². The van der Waals surface area contributed by atoms with E-state index in [1.807, 2.05) is 98.8 Å². The molecule has 66 heavy (non-hydrogen) atoms. The maximum Gasteiger partial charge on any atom is 0.261 e. The summed E-state index contributed by atoms with van der Waals surface area (Å²) in [5.41, 5.74) is 1.57. The summed E-state index contributed by atoms with van der Waals surface area (Å²) < 4.78 is 18.1. The van der Waals surface area contributed by atoms with Crippen molar-refractivity contribution in [2.24, 2.45) is 0 Å². The van der Waals surface area contributed by atoms with E-state index >= 15 is 0 Å². The maximum absolute atomic E-state index is 14.5. The molecule has 0 saturated carbocycles. The number of piperidine rings is 1. The van der Waals surface area contributed by atoms with Gasteiger partial charge in [-0.2, -0.15) is 0 Å². The van der Waals surface area contributed by atoms with Gasteiger partial charge in [0.1, 0.15) is 35.7 Å². The average molecular weight is 915 g/mol. The molecule has 350 valence electrons. The van der Waals surface area contributed by atoms with Crippen LogP contribution < -0.4 is 35.8 Å². The Bertz CT molecular complexity index is 2220. The molecule has 2 saturated heterocycles. The molecule has 6 rings (SSSR count). The summed E-state index contributed by atoms with van der Waals surface area (Å²) in [4.78, 5) is 72.4. The second-order valence-corrected chi connectivity index (χ2v) is 22.3. The highest BCUT2D eigenvalue weighted by molar-refractivity contribution is 6.99. The Morgan fingerprint density at radius 1 is 0.682 bits per heavy atom. The van der Waals surface area contributed by atoms with Crippen molar-refractivity contribution in [1.29, 1.82) is 0 Å². The second-order valence-electron chi connectivity index (χ2n) is 18.0. The van der Waals surface area contributed by atoms with Crippen LogP contribution in [0, 0.1) is 0 Å². The van der Waals surface area contributed by atoms with Crippen molar-refractivity contribution in [2.45, 2.75) is 115 Å². The van der Waals surface area contributed by atoms with E-state index in [2.05, 4.69) is 61.0 Å². The van der Waals surface area contributed by atoms with E-state index in [0.717, 1.165) is 27.9 Å². The molecule has 0 aliphatic carbocycles. The van der Waals surface area contributed by atoms with Crippen molar-refractivity contribution in [3.8, 4) is 11.5 Å². The van der Waals surface area contributed by atoms with Gasteiger partial charge in [-0.05, 0) is 109 Å². The second kappa shape index (κ2) is 23.4. The van der Waals surface area contributed by atoms with E-state index in [1.165, 1.54) is 6.08 Å². The predicted molar refractivity (Wildman–Crippen MR) is 259 cm³/mol. The molecule has 4 atom stereocenters. The molecule has 0 bridgehead atoms. The number of nitrogens with zero attached hydrogens (tertiary/aromatic N) is 1. The predicted octanol–water partition coefficient (Wildman–Crippen LogP) is 5.99. The number of nitrogens with one attached hydrogen (secondary N) is 3. The van der Waals surface area contributed by atoms with Gasteiger partial charge in [-0.25, -0.2) is 0 Å². The number of allylic oxidation sites excluding steroid dienone is 1. The molecule has 4 amide bonds. The fourth-order valence-corrected chi connectivity index (χ4v) is 13.6. The maximum atomic E-state index is 14.5. The lowest BCUT2D eigenvalue weighted by atomic mass is 9.96. The monoisotopic (exact) mass is 914 g/mol. The lowest BCUT2D eigenvalue weighted by Crippen LogP contribution is -2.66. The Morgan fingerprint density at radius 2 is 1.20 bits per heavy atom. The fourth-order valence-electron chi connectivity index (χ4n) is 9.05. The molecule has 12 nitrogen and oxygen atoms in total. The highest BCUT2D eigenvalue weighted by Crippen LogP contribution is 2.36. The van der Waals surface area contributed by atoms with Gasteiger partial charge >= 0.3 is 0 Å². The quantitative estimate of drug-likeness (QED) is 0.0626. The Morgan fingerprint density at radius 3 is 1.74 bits per heavy atom. The van der Waals surface area contributed by atoms with Gasteiger partial charge in [-0.15, -0.1) is 0 Å². The number of amides is 4. The number of fused-ring (bicyclic) bond motifs is 1. The first-order valence-corrected chi connectivity index (χ1v) is 25.3. The number of unbranched alkanes of at least 4 members (excludes halogenated alkanes) is 1. The molecule has 4 aromatic carbocycles. The normalized spacial score (nSPS) is 19.7. The van der Waals surface area contributed by atoms with Gasteiger partial charge in [-0.3, -0.25) is 24.0 Å². The van der Waals surface area contributed by atoms with Crippen molar-refractivity contribution in [1.82, 2.24) is 20.9 Å². The van der Waals surface area contributed by atoms with E-state index in [4.69, 9.17) is 13.9 Å². The van der Waals surface area contributed by atoms with Crippen LogP contribution in [0.3, 0.4) is 0 Å². The third-order valence-corrected chi connectivity index (χ3v) is 17.3. The lowest BCUT2D eigenvalue weighted by molar-refractivity contribution is -0.146. The standard InChI is InChI=1S/C53H66N4O8Si/c1-6-63-41-30-26-38(27-31-41)35-46-50(60)56-47(36-39-28-32-42(33-29-39)64-7-2)52(62)57-34-18-17-25-48(57)51(61)54-45(49(59)55-46)24-16-8-11-19-40(58)37-65-66(53(3,4)5,43-20-12-9-13-21-43)44-22-14-10-15-23-44/h9-15,19-23,26-33,45-48H,6-8,16-18,24-25,34-37H2,1-5H3,(H,54,61)(H,55,59)(H,56,60)/b19-11+/t45-,46-,47-,48+/m0/s1. The highest BCUT2D eigenvalue weighted by Gasteiger charge is 2.50. The molecule has 4 aromatic rings. The molecule has 2 aliphatic rings. The van der Waals surface area contributed by atoms with Crippen LogP contribution in [0.5, 0.6) is 11.5 Å². The largest absolute Gasteiger partial charge is 0.494 e. The van der Waals surface area contributed by atoms with Crippen molar-refractivity contribution in [2.75, 3.05) is 26.4 Å². The van der Waals surface area contributed by atoms with E-state index < -0.39 is 50.2 Å². The van der Waals surface area contributed by atoms with Gasteiger partial charge < -0.3 is 34.8 Å². The summed E-state index contributed by atoms with van der Waals surface area (Å²) in [6, 6.07) is 31.1. The number of carbonyl (C=O) groups excluding carboxylic acids is 5. The zero-order chi connectivity index (χ0) is 47.1. The molecule has 0 spiro atoms. The number of ether oxygens (including phenoxy) is 2. The molecule has 0 aromatic heterocycles.